The maximum Gasteiger partial charge on any atom is 0.0140 e. The first-order chi connectivity index (χ1) is 7.61. The van der Waals surface area contributed by atoms with Crippen LogP contribution in [-0.4, -0.2) is 11.8 Å². The fourth-order valence-electron chi connectivity index (χ4n) is 2.48. The number of nitrogens with two attached hydrogens (primary N) is 1. The van der Waals surface area contributed by atoms with Crippen LogP contribution in [0.5, 0.6) is 0 Å². The zero-order chi connectivity index (χ0) is 11.6. The summed E-state index contributed by atoms with van der Waals surface area (Å²) in [4.78, 5) is 1.48. The highest BCUT2D eigenvalue weighted by molar-refractivity contribution is 8.00. The van der Waals surface area contributed by atoms with Crippen molar-refractivity contribution >= 4 is 11.8 Å². The Morgan fingerprint density at radius 2 is 2.12 bits per heavy atom. The van der Waals surface area contributed by atoms with Crippen LogP contribution in [0.3, 0.4) is 0 Å². The third-order valence-corrected chi connectivity index (χ3v) is 4.63. The number of hydrogen-bond acceptors (Lipinski definition) is 2. The largest absolute Gasteiger partial charge is 0.330 e. The maximum absolute atomic E-state index is 5.67. The molecule has 1 nitrogen and oxygen atoms in total. The number of benzene rings is 1. The molecule has 1 unspecified atom stereocenters. The molecular formula is C14H21NS. The lowest BCUT2D eigenvalue weighted by atomic mass is 9.83. The van der Waals surface area contributed by atoms with Gasteiger partial charge >= 0.3 is 0 Å². The minimum absolute atomic E-state index is 0.383. The molecule has 2 N–H and O–H groups in total. The average molecular weight is 235 g/mol. The summed E-state index contributed by atoms with van der Waals surface area (Å²) < 4.78 is 0. The molecule has 1 aliphatic heterocycles. The molecule has 0 spiro atoms. The minimum Gasteiger partial charge on any atom is -0.330 e. The molecule has 1 heterocycles. The lowest BCUT2D eigenvalue weighted by molar-refractivity contribution is 0.310. The highest BCUT2D eigenvalue weighted by Gasteiger charge is 2.28. The Labute approximate surface area is 103 Å². The normalized spacial score (nSPS) is 19.8. The molecule has 2 heteroatoms. The Morgan fingerprint density at radius 1 is 1.38 bits per heavy atom. The van der Waals surface area contributed by atoms with E-state index in [2.05, 4.69) is 38.1 Å². The Kier molecular flexibility index (Phi) is 3.60. The fourth-order valence-corrected chi connectivity index (χ4v) is 4.09. The van der Waals surface area contributed by atoms with E-state index in [9.17, 15) is 0 Å². The van der Waals surface area contributed by atoms with Crippen LogP contribution in [0.2, 0.25) is 0 Å². The van der Waals surface area contributed by atoms with Gasteiger partial charge in [0.05, 0.1) is 0 Å². The Hall–Kier alpha value is -0.470. The second-order valence-corrected chi connectivity index (χ2v) is 6.80. The predicted octanol–water partition coefficient (Wildman–Crippen LogP) is 3.47. The standard InChI is InChI=1S/C14H21NS/c1-14(2,7-8-15)10-12-9-11-5-3-4-6-13(11)16-12/h3-6,12H,7-10,15H2,1-2H3. The molecule has 88 valence electrons. The van der Waals surface area contributed by atoms with Crippen molar-refractivity contribution in [3.05, 3.63) is 29.8 Å². The summed E-state index contributed by atoms with van der Waals surface area (Å²) in [6.45, 7) is 5.48. The summed E-state index contributed by atoms with van der Waals surface area (Å²) in [5.41, 5.74) is 7.58. The first kappa shape index (κ1) is 12.0. The molecule has 0 bridgehead atoms. The SMILES string of the molecule is CC(C)(CCN)CC1Cc2ccccc2S1. The van der Waals surface area contributed by atoms with Crippen LogP contribution in [0, 0.1) is 5.41 Å². The minimum atomic E-state index is 0.383. The van der Waals surface area contributed by atoms with Gasteiger partial charge in [0, 0.05) is 10.1 Å². The highest BCUT2D eigenvalue weighted by Crippen LogP contribution is 2.42. The lowest BCUT2D eigenvalue weighted by Gasteiger charge is -2.26. The number of rotatable bonds is 4. The molecule has 16 heavy (non-hydrogen) atoms. The summed E-state index contributed by atoms with van der Waals surface area (Å²) >= 11 is 2.05. The summed E-state index contributed by atoms with van der Waals surface area (Å²) in [7, 11) is 0. The summed E-state index contributed by atoms with van der Waals surface area (Å²) in [5, 5.41) is 0.749. The van der Waals surface area contributed by atoms with E-state index in [1.54, 1.807) is 0 Å². The van der Waals surface area contributed by atoms with E-state index >= 15 is 0 Å². The van der Waals surface area contributed by atoms with Crippen molar-refractivity contribution in [2.24, 2.45) is 11.1 Å². The van der Waals surface area contributed by atoms with Gasteiger partial charge < -0.3 is 5.73 Å². The van der Waals surface area contributed by atoms with Gasteiger partial charge in [-0.1, -0.05) is 32.0 Å². The van der Waals surface area contributed by atoms with E-state index in [0.717, 1.165) is 18.2 Å². The Balaban J connectivity index is 1.97. The number of hydrogen-bond donors (Lipinski definition) is 1. The molecule has 2 rings (SSSR count). The van der Waals surface area contributed by atoms with Crippen LogP contribution >= 0.6 is 11.8 Å². The summed E-state index contributed by atoms with van der Waals surface area (Å²) in [6.07, 6.45) is 3.62. The van der Waals surface area contributed by atoms with Crippen LogP contribution in [0.25, 0.3) is 0 Å². The lowest BCUT2D eigenvalue weighted by Crippen LogP contribution is -2.22. The van der Waals surface area contributed by atoms with Crippen molar-refractivity contribution in [3.63, 3.8) is 0 Å². The Morgan fingerprint density at radius 3 is 2.81 bits per heavy atom. The topological polar surface area (TPSA) is 26.0 Å². The van der Waals surface area contributed by atoms with Gasteiger partial charge in [0.25, 0.3) is 0 Å². The van der Waals surface area contributed by atoms with Crippen LogP contribution < -0.4 is 5.73 Å². The average Bonchev–Trinajstić information content (AvgIpc) is 2.58. The molecule has 0 aromatic heterocycles. The van der Waals surface area contributed by atoms with Crippen LogP contribution in [0.15, 0.2) is 29.2 Å². The van der Waals surface area contributed by atoms with E-state index in [4.69, 9.17) is 5.73 Å². The smallest absolute Gasteiger partial charge is 0.0140 e. The molecule has 1 atom stereocenters. The molecule has 0 fully saturated rings. The van der Waals surface area contributed by atoms with Crippen molar-refractivity contribution in [2.75, 3.05) is 6.54 Å². The van der Waals surface area contributed by atoms with Crippen molar-refractivity contribution in [2.45, 2.75) is 43.3 Å². The van der Waals surface area contributed by atoms with Gasteiger partial charge in [-0.05, 0) is 42.9 Å². The highest BCUT2D eigenvalue weighted by atomic mass is 32.2. The van der Waals surface area contributed by atoms with Gasteiger partial charge in [-0.15, -0.1) is 11.8 Å². The second kappa shape index (κ2) is 4.80. The van der Waals surface area contributed by atoms with Crippen LogP contribution in [0.1, 0.15) is 32.3 Å². The zero-order valence-corrected chi connectivity index (χ0v) is 11.0. The van der Waals surface area contributed by atoms with E-state index in [1.807, 2.05) is 11.8 Å². The first-order valence-corrected chi connectivity index (χ1v) is 6.93. The molecule has 0 saturated carbocycles. The van der Waals surface area contributed by atoms with Gasteiger partial charge in [-0.25, -0.2) is 0 Å². The van der Waals surface area contributed by atoms with Crippen molar-refractivity contribution in [1.82, 2.24) is 0 Å². The second-order valence-electron chi connectivity index (χ2n) is 5.46. The molecule has 0 aliphatic carbocycles. The van der Waals surface area contributed by atoms with Gasteiger partial charge in [0.2, 0.25) is 0 Å². The van der Waals surface area contributed by atoms with Crippen molar-refractivity contribution < 1.29 is 0 Å². The molecular weight excluding hydrogens is 214 g/mol. The quantitative estimate of drug-likeness (QED) is 0.865. The maximum atomic E-state index is 5.67. The van der Waals surface area contributed by atoms with Gasteiger partial charge in [0.1, 0.15) is 0 Å². The van der Waals surface area contributed by atoms with Gasteiger partial charge in [0.15, 0.2) is 0 Å². The Bertz CT molecular complexity index is 335. The molecule has 0 radical (unpaired) electrons. The van der Waals surface area contributed by atoms with Crippen LogP contribution in [-0.2, 0) is 6.42 Å². The number of fused-ring (bicyclic) bond motifs is 1. The molecule has 1 aliphatic rings. The van der Waals surface area contributed by atoms with E-state index in [1.165, 1.54) is 23.3 Å². The first-order valence-electron chi connectivity index (χ1n) is 6.05. The number of thioether (sulfide) groups is 1. The molecule has 1 aromatic carbocycles. The zero-order valence-electron chi connectivity index (χ0n) is 10.2. The van der Waals surface area contributed by atoms with Crippen molar-refractivity contribution in [3.8, 4) is 0 Å². The van der Waals surface area contributed by atoms with E-state index in [-0.39, 0.29) is 0 Å². The predicted molar refractivity (Wildman–Crippen MR) is 71.9 cm³/mol. The summed E-state index contributed by atoms with van der Waals surface area (Å²) in [5.74, 6) is 0. The van der Waals surface area contributed by atoms with E-state index in [0.29, 0.717) is 5.41 Å². The van der Waals surface area contributed by atoms with Crippen molar-refractivity contribution in [1.29, 1.82) is 0 Å². The van der Waals surface area contributed by atoms with Gasteiger partial charge in [-0.2, -0.15) is 0 Å². The fraction of sp³-hybridized carbons (Fsp3) is 0.571. The van der Waals surface area contributed by atoms with Crippen LogP contribution in [0.4, 0.5) is 0 Å². The third-order valence-electron chi connectivity index (χ3n) is 3.32. The monoisotopic (exact) mass is 235 g/mol. The molecule has 0 saturated heterocycles. The van der Waals surface area contributed by atoms with E-state index < -0.39 is 0 Å². The molecule has 1 aromatic rings. The third kappa shape index (κ3) is 2.80. The van der Waals surface area contributed by atoms with Gasteiger partial charge in [-0.3, -0.25) is 0 Å². The molecule has 0 amide bonds. The summed E-state index contributed by atoms with van der Waals surface area (Å²) in [6, 6.07) is 8.79.